The number of rotatable bonds is 2. The molecule has 1 aromatic carbocycles. The summed E-state index contributed by atoms with van der Waals surface area (Å²) in [7, 11) is 3.49. The highest BCUT2D eigenvalue weighted by Gasteiger charge is 2.28. The van der Waals surface area contributed by atoms with Gasteiger partial charge in [0.15, 0.2) is 0 Å². The van der Waals surface area contributed by atoms with Crippen molar-refractivity contribution in [1.82, 2.24) is 9.80 Å². The molecule has 0 aromatic heterocycles. The minimum Gasteiger partial charge on any atom is -0.444 e. The smallest absolute Gasteiger partial charge is 0.410 e. The minimum absolute atomic E-state index is 0.00589. The number of nitrogens with zero attached hydrogens (tertiary/aromatic N) is 2. The Morgan fingerprint density at radius 3 is 2.24 bits per heavy atom. The largest absolute Gasteiger partial charge is 0.444 e. The molecule has 136 valence electrons. The van der Waals surface area contributed by atoms with Crippen molar-refractivity contribution in [1.29, 1.82) is 0 Å². The summed E-state index contributed by atoms with van der Waals surface area (Å²) in [6.45, 7) is 8.24. The molecule has 1 aliphatic heterocycles. The van der Waals surface area contributed by atoms with E-state index in [-0.39, 0.29) is 18.0 Å². The maximum atomic E-state index is 12.3. The first kappa shape index (κ1) is 19.0. The zero-order valence-corrected chi connectivity index (χ0v) is 16.0. The van der Waals surface area contributed by atoms with Crippen LogP contribution in [-0.4, -0.2) is 54.1 Å². The molecule has 5 nitrogen and oxygen atoms in total. The fraction of sp³-hybridized carbons (Fsp3) is 0.500. The molecule has 0 fully saturated rings. The van der Waals surface area contributed by atoms with E-state index in [0.717, 1.165) is 12.0 Å². The van der Waals surface area contributed by atoms with E-state index in [9.17, 15) is 9.59 Å². The number of carbonyl (C=O) groups excluding carboxylic acids is 2. The van der Waals surface area contributed by atoms with Gasteiger partial charge in [-0.2, -0.15) is 0 Å². The molecule has 0 saturated carbocycles. The van der Waals surface area contributed by atoms with Crippen LogP contribution in [0.25, 0.3) is 5.57 Å². The van der Waals surface area contributed by atoms with E-state index in [0.29, 0.717) is 12.1 Å². The molecule has 25 heavy (non-hydrogen) atoms. The number of ether oxygens (including phenoxy) is 1. The maximum Gasteiger partial charge on any atom is 0.410 e. The van der Waals surface area contributed by atoms with Crippen LogP contribution in [0.15, 0.2) is 30.3 Å². The van der Waals surface area contributed by atoms with Gasteiger partial charge in [0.1, 0.15) is 5.60 Å². The minimum atomic E-state index is -0.490. The van der Waals surface area contributed by atoms with Gasteiger partial charge in [-0.15, -0.1) is 0 Å². The topological polar surface area (TPSA) is 49.9 Å². The standard InChI is InChI=1S/C20H28N2O3/c1-14-13-17(11-12-22(14)19(24)25-20(2,3)4)15-7-9-16(10-8-15)18(23)21(5)6/h7-10,13-14H,11-12H2,1-6H3. The molecule has 1 atom stereocenters. The SMILES string of the molecule is CC1C=C(c2ccc(C(=O)N(C)C)cc2)CCN1C(=O)OC(C)(C)C. The van der Waals surface area contributed by atoms with Crippen molar-refractivity contribution in [3.63, 3.8) is 0 Å². The molecule has 0 radical (unpaired) electrons. The third-order valence-corrected chi connectivity index (χ3v) is 4.09. The normalized spacial score (nSPS) is 17.8. The van der Waals surface area contributed by atoms with Gasteiger partial charge in [-0.25, -0.2) is 4.79 Å². The van der Waals surface area contributed by atoms with Crippen LogP contribution in [0.5, 0.6) is 0 Å². The molecule has 0 aliphatic carbocycles. The third-order valence-electron chi connectivity index (χ3n) is 4.09. The molecule has 0 N–H and O–H groups in total. The van der Waals surface area contributed by atoms with Crippen molar-refractivity contribution < 1.29 is 14.3 Å². The van der Waals surface area contributed by atoms with Crippen molar-refractivity contribution in [2.75, 3.05) is 20.6 Å². The number of hydrogen-bond donors (Lipinski definition) is 0. The Balaban J connectivity index is 2.11. The molecule has 0 spiro atoms. The van der Waals surface area contributed by atoms with Crippen LogP contribution >= 0.6 is 0 Å². The Labute approximate surface area is 150 Å². The monoisotopic (exact) mass is 344 g/mol. The van der Waals surface area contributed by atoms with E-state index >= 15 is 0 Å². The fourth-order valence-corrected chi connectivity index (χ4v) is 2.81. The van der Waals surface area contributed by atoms with Crippen LogP contribution in [0.2, 0.25) is 0 Å². The van der Waals surface area contributed by atoms with Crippen molar-refractivity contribution in [2.24, 2.45) is 0 Å². The van der Waals surface area contributed by atoms with E-state index in [1.165, 1.54) is 5.57 Å². The van der Waals surface area contributed by atoms with Gasteiger partial charge in [0.25, 0.3) is 5.91 Å². The third kappa shape index (κ3) is 4.84. The highest BCUT2D eigenvalue weighted by molar-refractivity contribution is 5.94. The van der Waals surface area contributed by atoms with Gasteiger partial charge < -0.3 is 14.5 Å². The predicted molar refractivity (Wildman–Crippen MR) is 99.5 cm³/mol. The first-order valence-electron chi connectivity index (χ1n) is 8.61. The van der Waals surface area contributed by atoms with Crippen LogP contribution < -0.4 is 0 Å². The quantitative estimate of drug-likeness (QED) is 0.820. The highest BCUT2D eigenvalue weighted by atomic mass is 16.6. The molecule has 5 heteroatoms. The van der Waals surface area contributed by atoms with E-state index in [1.54, 1.807) is 23.9 Å². The van der Waals surface area contributed by atoms with Gasteiger partial charge in [-0.1, -0.05) is 18.2 Å². The summed E-state index contributed by atoms with van der Waals surface area (Å²) in [6, 6.07) is 7.62. The lowest BCUT2D eigenvalue weighted by molar-refractivity contribution is 0.0209. The van der Waals surface area contributed by atoms with Crippen LogP contribution in [0.3, 0.4) is 0 Å². The number of hydrogen-bond acceptors (Lipinski definition) is 3. The Morgan fingerprint density at radius 2 is 1.76 bits per heavy atom. The van der Waals surface area contributed by atoms with Crippen molar-refractivity contribution >= 4 is 17.6 Å². The fourth-order valence-electron chi connectivity index (χ4n) is 2.81. The lowest BCUT2D eigenvalue weighted by Crippen LogP contribution is -2.43. The summed E-state index contributed by atoms with van der Waals surface area (Å²) in [6.07, 6.45) is 2.59. The van der Waals surface area contributed by atoms with Gasteiger partial charge in [0.05, 0.1) is 6.04 Å². The Kier molecular flexibility index (Phi) is 5.55. The van der Waals surface area contributed by atoms with E-state index in [4.69, 9.17) is 4.74 Å². The summed E-state index contributed by atoms with van der Waals surface area (Å²) in [5.74, 6) is -0.00589. The first-order valence-corrected chi connectivity index (χ1v) is 8.61. The molecule has 2 amide bonds. The van der Waals surface area contributed by atoms with Crippen LogP contribution in [0.4, 0.5) is 4.79 Å². The van der Waals surface area contributed by atoms with Crippen LogP contribution in [0, 0.1) is 0 Å². The second-order valence-corrected chi connectivity index (χ2v) is 7.63. The first-order chi connectivity index (χ1) is 11.6. The van der Waals surface area contributed by atoms with E-state index in [2.05, 4.69) is 6.08 Å². The summed E-state index contributed by atoms with van der Waals surface area (Å²) < 4.78 is 5.47. The van der Waals surface area contributed by atoms with Crippen LogP contribution in [-0.2, 0) is 4.74 Å². The molecule has 1 aromatic rings. The molecular formula is C20H28N2O3. The molecule has 0 saturated heterocycles. The van der Waals surface area contributed by atoms with Gasteiger partial charge >= 0.3 is 6.09 Å². The Morgan fingerprint density at radius 1 is 1.16 bits per heavy atom. The lowest BCUT2D eigenvalue weighted by Gasteiger charge is -2.34. The van der Waals surface area contributed by atoms with Gasteiger partial charge in [0.2, 0.25) is 0 Å². The second kappa shape index (κ2) is 7.30. The Bertz CT molecular complexity index is 669. The zero-order valence-electron chi connectivity index (χ0n) is 16.0. The summed E-state index contributed by atoms with van der Waals surface area (Å²) in [5.41, 5.74) is 2.46. The zero-order chi connectivity index (χ0) is 18.8. The van der Waals surface area contributed by atoms with E-state index < -0.39 is 5.60 Å². The van der Waals surface area contributed by atoms with E-state index in [1.807, 2.05) is 52.0 Å². The van der Waals surface area contributed by atoms with Gasteiger partial charge in [-0.3, -0.25) is 4.79 Å². The van der Waals surface area contributed by atoms with Crippen molar-refractivity contribution in [3.8, 4) is 0 Å². The molecule has 1 heterocycles. The molecule has 0 bridgehead atoms. The Hall–Kier alpha value is -2.30. The van der Waals surface area contributed by atoms with Crippen LogP contribution in [0.1, 0.15) is 50.0 Å². The molecular weight excluding hydrogens is 316 g/mol. The average Bonchev–Trinajstić information content (AvgIpc) is 2.52. The highest BCUT2D eigenvalue weighted by Crippen LogP contribution is 2.27. The molecule has 1 unspecified atom stereocenters. The van der Waals surface area contributed by atoms with Crippen molar-refractivity contribution in [3.05, 3.63) is 41.5 Å². The summed E-state index contributed by atoms with van der Waals surface area (Å²) in [4.78, 5) is 27.6. The lowest BCUT2D eigenvalue weighted by atomic mass is 9.95. The number of carbonyl (C=O) groups is 2. The summed E-state index contributed by atoms with van der Waals surface area (Å²) in [5, 5.41) is 0. The predicted octanol–water partition coefficient (Wildman–Crippen LogP) is 3.80. The molecule has 1 aliphatic rings. The number of amides is 2. The molecule has 2 rings (SSSR count). The maximum absolute atomic E-state index is 12.3. The van der Waals surface area contributed by atoms with Gasteiger partial charge in [-0.05, 0) is 57.4 Å². The summed E-state index contributed by atoms with van der Waals surface area (Å²) >= 11 is 0. The average molecular weight is 344 g/mol. The number of benzene rings is 1. The van der Waals surface area contributed by atoms with Crippen molar-refractivity contribution in [2.45, 2.75) is 45.8 Å². The second-order valence-electron chi connectivity index (χ2n) is 7.63. The van der Waals surface area contributed by atoms with Gasteiger partial charge in [0, 0.05) is 26.2 Å².